The number of allylic oxidation sites excluding steroid dienone is 1. The molecule has 1 rings (SSSR count). The van der Waals surface area contributed by atoms with Gasteiger partial charge in [-0.2, -0.15) is 0 Å². The van der Waals surface area contributed by atoms with Crippen LogP contribution in [0.4, 0.5) is 5.88 Å². The summed E-state index contributed by atoms with van der Waals surface area (Å²) in [5.41, 5.74) is 0. The van der Waals surface area contributed by atoms with E-state index in [1.54, 1.807) is 18.2 Å². The summed E-state index contributed by atoms with van der Waals surface area (Å²) in [6.45, 7) is 1.81. The number of nitrogens with zero attached hydrogens (tertiary/aromatic N) is 1. The average Bonchev–Trinajstić information content (AvgIpc) is 2.37. The van der Waals surface area contributed by atoms with Gasteiger partial charge in [-0.1, -0.05) is 6.08 Å². The predicted molar refractivity (Wildman–Crippen MR) is 40.1 cm³/mol. The summed E-state index contributed by atoms with van der Waals surface area (Å²) in [4.78, 5) is 9.54. The van der Waals surface area contributed by atoms with Crippen molar-refractivity contribution in [1.82, 2.24) is 0 Å². The molecule has 0 fully saturated rings. The van der Waals surface area contributed by atoms with E-state index in [0.717, 1.165) is 0 Å². The molecule has 0 N–H and O–H groups in total. The molecule has 0 unspecified atom stereocenters. The molecule has 11 heavy (non-hydrogen) atoms. The van der Waals surface area contributed by atoms with Gasteiger partial charge in [0.25, 0.3) is 0 Å². The molecule has 1 heterocycles. The van der Waals surface area contributed by atoms with Gasteiger partial charge in [-0.05, 0) is 19.1 Å². The molecule has 0 radical (unpaired) electrons. The van der Waals surface area contributed by atoms with Crippen molar-refractivity contribution in [3.8, 4) is 0 Å². The van der Waals surface area contributed by atoms with Gasteiger partial charge in [0.1, 0.15) is 10.7 Å². The van der Waals surface area contributed by atoms with Crippen molar-refractivity contribution in [2.75, 3.05) is 0 Å². The number of hydrogen-bond acceptors (Lipinski definition) is 3. The van der Waals surface area contributed by atoms with Crippen molar-refractivity contribution in [3.05, 3.63) is 34.1 Å². The van der Waals surface area contributed by atoms with Crippen LogP contribution in [0.25, 0.3) is 6.08 Å². The van der Waals surface area contributed by atoms with Crippen molar-refractivity contribution in [3.63, 3.8) is 0 Å². The highest BCUT2D eigenvalue weighted by Gasteiger charge is 2.09. The Morgan fingerprint density at radius 3 is 2.82 bits per heavy atom. The maximum atomic E-state index is 10.1. The van der Waals surface area contributed by atoms with Crippen LogP contribution in [0.1, 0.15) is 12.7 Å². The number of rotatable bonds is 2. The third kappa shape index (κ3) is 1.67. The van der Waals surface area contributed by atoms with Gasteiger partial charge in [-0.3, -0.25) is 10.1 Å². The van der Waals surface area contributed by atoms with Crippen LogP contribution in [-0.2, 0) is 0 Å². The third-order valence-corrected chi connectivity index (χ3v) is 1.12. The Balaban J connectivity index is 2.90. The smallest absolute Gasteiger partial charge is 0.401 e. The number of hydrogen-bond donors (Lipinski definition) is 0. The van der Waals surface area contributed by atoms with E-state index in [9.17, 15) is 10.1 Å². The van der Waals surface area contributed by atoms with E-state index in [0.29, 0.717) is 5.76 Å². The molecule has 4 nitrogen and oxygen atoms in total. The second kappa shape index (κ2) is 3.01. The van der Waals surface area contributed by atoms with Crippen molar-refractivity contribution in [2.24, 2.45) is 0 Å². The highest BCUT2D eigenvalue weighted by molar-refractivity contribution is 5.43. The van der Waals surface area contributed by atoms with Gasteiger partial charge in [-0.15, -0.1) is 0 Å². The summed E-state index contributed by atoms with van der Waals surface area (Å²) in [6.07, 6.45) is 3.41. The number of furan rings is 1. The third-order valence-electron chi connectivity index (χ3n) is 1.12. The Kier molecular flexibility index (Phi) is 2.06. The lowest BCUT2D eigenvalue weighted by atomic mass is 10.4. The second-order valence-corrected chi connectivity index (χ2v) is 1.93. The number of nitro groups is 1. The molecule has 0 saturated carbocycles. The summed E-state index contributed by atoms with van der Waals surface area (Å²) < 4.78 is 4.80. The highest BCUT2D eigenvalue weighted by atomic mass is 16.6. The molecule has 0 spiro atoms. The molecule has 1 aromatic heterocycles. The molecule has 0 aliphatic heterocycles. The topological polar surface area (TPSA) is 56.3 Å². The zero-order valence-electron chi connectivity index (χ0n) is 5.98. The van der Waals surface area contributed by atoms with Gasteiger partial charge in [0.2, 0.25) is 0 Å². The first-order valence-electron chi connectivity index (χ1n) is 3.11. The summed E-state index contributed by atoms with van der Waals surface area (Å²) in [5.74, 6) is 0.275. The van der Waals surface area contributed by atoms with Crippen molar-refractivity contribution < 1.29 is 9.34 Å². The van der Waals surface area contributed by atoms with Crippen LogP contribution < -0.4 is 0 Å². The standard InChI is InChI=1S/C7H7NO3/c1-2-3-6-4-5-7(11-6)8(9)10/h2-5H,1H3/b3-2-. The lowest BCUT2D eigenvalue weighted by molar-refractivity contribution is -0.402. The normalized spacial score (nSPS) is 10.6. The molecule has 1 aromatic rings. The maximum Gasteiger partial charge on any atom is 0.433 e. The van der Waals surface area contributed by atoms with Gasteiger partial charge in [0.15, 0.2) is 0 Å². The summed E-state index contributed by atoms with van der Waals surface area (Å²) in [7, 11) is 0. The van der Waals surface area contributed by atoms with Crippen LogP contribution in [0.2, 0.25) is 0 Å². The molecule has 0 atom stereocenters. The van der Waals surface area contributed by atoms with Gasteiger partial charge < -0.3 is 4.42 Å². The maximum absolute atomic E-state index is 10.1. The van der Waals surface area contributed by atoms with Gasteiger partial charge in [-0.25, -0.2) is 0 Å². The van der Waals surface area contributed by atoms with Crippen molar-refractivity contribution in [1.29, 1.82) is 0 Å². The Hall–Kier alpha value is -1.58. The first-order chi connectivity index (χ1) is 5.24. The van der Waals surface area contributed by atoms with Crippen LogP contribution in [-0.4, -0.2) is 4.92 Å². The Morgan fingerprint density at radius 1 is 1.64 bits per heavy atom. The zero-order valence-corrected chi connectivity index (χ0v) is 5.98. The molecule has 0 saturated heterocycles. The van der Waals surface area contributed by atoms with Crippen molar-refractivity contribution in [2.45, 2.75) is 6.92 Å². The molecule has 0 bridgehead atoms. The molecule has 0 aliphatic rings. The second-order valence-electron chi connectivity index (χ2n) is 1.93. The molecular formula is C7H7NO3. The monoisotopic (exact) mass is 153 g/mol. The minimum Gasteiger partial charge on any atom is -0.401 e. The van der Waals surface area contributed by atoms with E-state index in [4.69, 9.17) is 4.42 Å². The summed E-state index contributed by atoms with van der Waals surface area (Å²) in [6, 6.07) is 2.88. The Bertz CT molecular complexity index is 288. The predicted octanol–water partition coefficient (Wildman–Crippen LogP) is 2.22. The van der Waals surface area contributed by atoms with E-state index in [1.165, 1.54) is 6.07 Å². The summed E-state index contributed by atoms with van der Waals surface area (Å²) in [5, 5.41) is 10.1. The van der Waals surface area contributed by atoms with E-state index in [1.807, 2.05) is 6.92 Å². The first kappa shape index (κ1) is 7.53. The SMILES string of the molecule is C/C=C\c1ccc([N+](=O)[O-])o1. The average molecular weight is 153 g/mol. The van der Waals surface area contributed by atoms with Gasteiger partial charge in [0.05, 0.1) is 6.07 Å². The highest BCUT2D eigenvalue weighted by Crippen LogP contribution is 2.16. The van der Waals surface area contributed by atoms with E-state index in [-0.39, 0.29) is 5.88 Å². The minimum atomic E-state index is -0.562. The fourth-order valence-electron chi connectivity index (χ4n) is 0.694. The fraction of sp³-hybridized carbons (Fsp3) is 0.143. The van der Waals surface area contributed by atoms with Crippen LogP contribution in [0.3, 0.4) is 0 Å². The minimum absolute atomic E-state index is 0.224. The van der Waals surface area contributed by atoms with Crippen LogP contribution in [0.15, 0.2) is 22.6 Å². The van der Waals surface area contributed by atoms with E-state index >= 15 is 0 Å². The molecule has 58 valence electrons. The quantitative estimate of drug-likeness (QED) is 0.483. The first-order valence-corrected chi connectivity index (χ1v) is 3.11. The molecule has 0 aromatic carbocycles. The van der Waals surface area contributed by atoms with Crippen LogP contribution in [0, 0.1) is 10.1 Å². The molecule has 4 heteroatoms. The van der Waals surface area contributed by atoms with E-state index in [2.05, 4.69) is 0 Å². The van der Waals surface area contributed by atoms with Crippen LogP contribution >= 0.6 is 0 Å². The Morgan fingerprint density at radius 2 is 2.36 bits per heavy atom. The Labute approximate surface area is 63.3 Å². The van der Waals surface area contributed by atoms with Crippen LogP contribution in [0.5, 0.6) is 0 Å². The molecule has 0 aliphatic carbocycles. The zero-order chi connectivity index (χ0) is 8.27. The summed E-state index contributed by atoms with van der Waals surface area (Å²) >= 11 is 0. The molecule has 0 amide bonds. The van der Waals surface area contributed by atoms with E-state index < -0.39 is 4.92 Å². The largest absolute Gasteiger partial charge is 0.433 e. The fourth-order valence-corrected chi connectivity index (χ4v) is 0.694. The lowest BCUT2D eigenvalue weighted by Gasteiger charge is -1.81. The van der Waals surface area contributed by atoms with Gasteiger partial charge in [0, 0.05) is 0 Å². The van der Waals surface area contributed by atoms with Crippen molar-refractivity contribution >= 4 is 12.0 Å². The van der Waals surface area contributed by atoms with Gasteiger partial charge >= 0.3 is 5.88 Å². The molecular weight excluding hydrogens is 146 g/mol. The lowest BCUT2D eigenvalue weighted by Crippen LogP contribution is -1.82.